The third kappa shape index (κ3) is 2.41. The van der Waals surface area contributed by atoms with Gasteiger partial charge in [0.15, 0.2) is 0 Å². The normalized spacial score (nSPS) is 20.1. The molecule has 1 fully saturated rings. The predicted octanol–water partition coefficient (Wildman–Crippen LogP) is 1.19. The number of rotatable bonds is 3. The Balaban J connectivity index is 2.07. The highest BCUT2D eigenvalue weighted by atomic mass is 16.6. The second kappa shape index (κ2) is 4.22. The third-order valence-electron chi connectivity index (χ3n) is 2.24. The fourth-order valence-corrected chi connectivity index (χ4v) is 1.47. The quantitative estimate of drug-likeness (QED) is 0.597. The number of nitrogens with one attached hydrogen (secondary N) is 1. The lowest BCUT2D eigenvalue weighted by Crippen LogP contribution is -2.19. The summed E-state index contributed by atoms with van der Waals surface area (Å²) in [5.74, 6) is 0.528. The van der Waals surface area contributed by atoms with Gasteiger partial charge in [-0.25, -0.2) is 4.98 Å². The summed E-state index contributed by atoms with van der Waals surface area (Å²) >= 11 is 0. The molecule has 0 bridgehead atoms. The maximum atomic E-state index is 10.5. The summed E-state index contributed by atoms with van der Waals surface area (Å²) < 4.78 is 5.18. The molecule has 2 rings (SSSR count). The molecule has 80 valence electrons. The van der Waals surface area contributed by atoms with Gasteiger partial charge in [-0.05, 0) is 6.42 Å². The average molecular weight is 209 g/mol. The Morgan fingerprint density at radius 2 is 2.53 bits per heavy atom. The second-order valence-electron chi connectivity index (χ2n) is 3.36. The molecule has 1 aromatic rings. The summed E-state index contributed by atoms with van der Waals surface area (Å²) in [4.78, 5) is 14.1. The van der Waals surface area contributed by atoms with Gasteiger partial charge >= 0.3 is 0 Å². The van der Waals surface area contributed by atoms with Crippen LogP contribution < -0.4 is 5.32 Å². The van der Waals surface area contributed by atoms with Crippen molar-refractivity contribution < 1.29 is 9.66 Å². The van der Waals surface area contributed by atoms with Crippen molar-refractivity contribution in [2.24, 2.45) is 0 Å². The molecule has 1 saturated heterocycles. The van der Waals surface area contributed by atoms with Crippen LogP contribution in [0.2, 0.25) is 0 Å². The van der Waals surface area contributed by atoms with Gasteiger partial charge in [-0.2, -0.15) is 0 Å². The summed E-state index contributed by atoms with van der Waals surface area (Å²) in [6.07, 6.45) is 2.33. The zero-order valence-electron chi connectivity index (χ0n) is 8.05. The van der Waals surface area contributed by atoms with E-state index in [2.05, 4.69) is 10.3 Å². The van der Waals surface area contributed by atoms with E-state index in [4.69, 9.17) is 4.74 Å². The molecule has 0 aromatic carbocycles. The van der Waals surface area contributed by atoms with Crippen molar-refractivity contribution in [3.8, 4) is 0 Å². The van der Waals surface area contributed by atoms with Gasteiger partial charge in [-0.1, -0.05) is 0 Å². The first-order chi connectivity index (χ1) is 7.25. The SMILES string of the molecule is O=[N+]([O-])c1ccnc(NC2CCOC2)c1. The van der Waals surface area contributed by atoms with Crippen LogP contribution in [0.3, 0.4) is 0 Å². The number of hydrogen-bond donors (Lipinski definition) is 1. The zero-order chi connectivity index (χ0) is 10.7. The third-order valence-corrected chi connectivity index (χ3v) is 2.24. The van der Waals surface area contributed by atoms with E-state index in [0.29, 0.717) is 12.4 Å². The summed E-state index contributed by atoms with van der Waals surface area (Å²) in [7, 11) is 0. The fraction of sp³-hybridized carbons (Fsp3) is 0.444. The minimum Gasteiger partial charge on any atom is -0.379 e. The van der Waals surface area contributed by atoms with Gasteiger partial charge in [0.05, 0.1) is 23.6 Å². The van der Waals surface area contributed by atoms with Crippen molar-refractivity contribution >= 4 is 11.5 Å². The van der Waals surface area contributed by atoms with Crippen LogP contribution in [0.5, 0.6) is 0 Å². The highest BCUT2D eigenvalue weighted by molar-refractivity contribution is 5.44. The lowest BCUT2D eigenvalue weighted by molar-refractivity contribution is -0.384. The molecule has 0 saturated carbocycles. The van der Waals surface area contributed by atoms with Crippen LogP contribution in [0.4, 0.5) is 11.5 Å². The summed E-state index contributed by atoms with van der Waals surface area (Å²) in [6, 6.07) is 3.01. The average Bonchev–Trinajstić information content (AvgIpc) is 2.71. The van der Waals surface area contributed by atoms with E-state index in [0.717, 1.165) is 13.0 Å². The number of ether oxygens (including phenoxy) is 1. The number of nitro groups is 1. The van der Waals surface area contributed by atoms with E-state index in [9.17, 15) is 10.1 Å². The first-order valence-electron chi connectivity index (χ1n) is 4.70. The van der Waals surface area contributed by atoms with Gasteiger partial charge in [0, 0.05) is 18.9 Å². The summed E-state index contributed by atoms with van der Waals surface area (Å²) in [6.45, 7) is 1.36. The van der Waals surface area contributed by atoms with Gasteiger partial charge in [0.2, 0.25) is 0 Å². The molecule has 1 aliphatic heterocycles. The van der Waals surface area contributed by atoms with E-state index in [1.165, 1.54) is 18.3 Å². The molecule has 1 aromatic heterocycles. The van der Waals surface area contributed by atoms with Gasteiger partial charge in [0.1, 0.15) is 5.82 Å². The second-order valence-corrected chi connectivity index (χ2v) is 3.36. The fourth-order valence-electron chi connectivity index (χ4n) is 1.47. The zero-order valence-corrected chi connectivity index (χ0v) is 8.05. The molecule has 6 nitrogen and oxygen atoms in total. The highest BCUT2D eigenvalue weighted by Gasteiger charge is 2.16. The number of hydrogen-bond acceptors (Lipinski definition) is 5. The molecule has 6 heteroatoms. The molecule has 0 aliphatic carbocycles. The minimum absolute atomic E-state index is 0.0476. The van der Waals surface area contributed by atoms with Crippen molar-refractivity contribution in [1.82, 2.24) is 4.98 Å². The Kier molecular flexibility index (Phi) is 2.77. The Labute approximate surface area is 86.4 Å². The first-order valence-corrected chi connectivity index (χ1v) is 4.70. The molecule has 15 heavy (non-hydrogen) atoms. The van der Waals surface area contributed by atoms with E-state index >= 15 is 0 Å². The van der Waals surface area contributed by atoms with Crippen LogP contribution in [0.25, 0.3) is 0 Å². The largest absolute Gasteiger partial charge is 0.379 e. The van der Waals surface area contributed by atoms with Crippen LogP contribution in [-0.4, -0.2) is 29.2 Å². The van der Waals surface area contributed by atoms with E-state index in [1.807, 2.05) is 0 Å². The Hall–Kier alpha value is -1.69. The topological polar surface area (TPSA) is 77.3 Å². The number of aromatic nitrogens is 1. The monoisotopic (exact) mass is 209 g/mol. The van der Waals surface area contributed by atoms with Gasteiger partial charge in [-0.15, -0.1) is 0 Å². The van der Waals surface area contributed by atoms with Crippen LogP contribution in [0.15, 0.2) is 18.3 Å². The Bertz CT molecular complexity index is 363. The van der Waals surface area contributed by atoms with E-state index in [-0.39, 0.29) is 11.7 Å². The van der Waals surface area contributed by atoms with E-state index < -0.39 is 4.92 Å². The standard InChI is InChI=1S/C9H11N3O3/c13-12(14)8-1-3-10-9(5-8)11-7-2-4-15-6-7/h1,3,5,7H,2,4,6H2,(H,10,11). The maximum absolute atomic E-state index is 10.5. The molecule has 0 radical (unpaired) electrons. The minimum atomic E-state index is -0.433. The molecular formula is C9H11N3O3. The van der Waals surface area contributed by atoms with Crippen LogP contribution in [0, 0.1) is 10.1 Å². The van der Waals surface area contributed by atoms with Gasteiger partial charge in [0.25, 0.3) is 5.69 Å². The lowest BCUT2D eigenvalue weighted by atomic mass is 10.2. The first kappa shape index (κ1) is 9.85. The highest BCUT2D eigenvalue weighted by Crippen LogP contribution is 2.16. The van der Waals surface area contributed by atoms with Crippen LogP contribution in [0.1, 0.15) is 6.42 Å². The summed E-state index contributed by atoms with van der Waals surface area (Å²) in [5, 5.41) is 13.6. The van der Waals surface area contributed by atoms with Crippen molar-refractivity contribution in [1.29, 1.82) is 0 Å². The molecule has 2 heterocycles. The summed E-state index contributed by atoms with van der Waals surface area (Å²) in [5.41, 5.74) is 0.0476. The number of anilines is 1. The van der Waals surface area contributed by atoms with Crippen molar-refractivity contribution in [2.75, 3.05) is 18.5 Å². The van der Waals surface area contributed by atoms with Crippen LogP contribution >= 0.6 is 0 Å². The molecule has 1 N–H and O–H groups in total. The molecule has 1 unspecified atom stereocenters. The van der Waals surface area contributed by atoms with Gasteiger partial charge in [-0.3, -0.25) is 10.1 Å². The van der Waals surface area contributed by atoms with Crippen LogP contribution in [-0.2, 0) is 4.74 Å². The van der Waals surface area contributed by atoms with Gasteiger partial charge < -0.3 is 10.1 Å². The van der Waals surface area contributed by atoms with Crippen molar-refractivity contribution in [2.45, 2.75) is 12.5 Å². The molecule has 1 atom stereocenters. The Morgan fingerprint density at radius 3 is 3.20 bits per heavy atom. The van der Waals surface area contributed by atoms with E-state index in [1.54, 1.807) is 0 Å². The molecule has 1 aliphatic rings. The van der Waals surface area contributed by atoms with Crippen molar-refractivity contribution in [3.63, 3.8) is 0 Å². The number of pyridine rings is 1. The molecule has 0 amide bonds. The maximum Gasteiger partial charge on any atom is 0.274 e. The number of nitrogens with zero attached hydrogens (tertiary/aromatic N) is 2. The molecule has 0 spiro atoms. The van der Waals surface area contributed by atoms with Crippen molar-refractivity contribution in [3.05, 3.63) is 28.4 Å². The lowest BCUT2D eigenvalue weighted by Gasteiger charge is -2.10. The smallest absolute Gasteiger partial charge is 0.274 e. The molecular weight excluding hydrogens is 198 g/mol. The predicted molar refractivity (Wildman–Crippen MR) is 53.7 cm³/mol. The Morgan fingerprint density at radius 1 is 1.67 bits per heavy atom.